The van der Waals surface area contributed by atoms with Crippen molar-refractivity contribution in [3.8, 4) is 0 Å². The van der Waals surface area contributed by atoms with Crippen LogP contribution in [0.3, 0.4) is 0 Å². The molecule has 0 aromatic rings. The lowest BCUT2D eigenvalue weighted by Gasteiger charge is -2.18. The zero-order valence-electron chi connectivity index (χ0n) is 11.0. The Morgan fingerprint density at radius 2 is 1.83 bits per heavy atom. The smallest absolute Gasteiger partial charge is 0.326 e. The molecular formula is C12H21F2NO3. The highest BCUT2D eigenvalue weighted by Gasteiger charge is 2.24. The first-order valence-electron chi connectivity index (χ1n) is 5.92. The molecule has 1 atom stereocenters. The average Bonchev–Trinajstić information content (AvgIpc) is 2.13. The molecule has 0 saturated heterocycles. The van der Waals surface area contributed by atoms with Gasteiger partial charge in [-0.25, -0.2) is 13.6 Å². The highest BCUT2D eigenvalue weighted by Crippen LogP contribution is 2.21. The summed E-state index contributed by atoms with van der Waals surface area (Å²) in [4.78, 5) is 22.1. The van der Waals surface area contributed by atoms with Gasteiger partial charge in [0.05, 0.1) is 0 Å². The number of carboxylic acids is 1. The van der Waals surface area contributed by atoms with Crippen molar-refractivity contribution in [1.29, 1.82) is 0 Å². The lowest BCUT2D eigenvalue weighted by atomic mass is 9.90. The molecule has 0 bridgehead atoms. The number of hydrogen-bond donors (Lipinski definition) is 2. The molecule has 0 aliphatic heterocycles. The Morgan fingerprint density at radius 1 is 1.28 bits per heavy atom. The molecule has 0 rings (SSSR count). The molecule has 4 nitrogen and oxygen atoms in total. The molecule has 106 valence electrons. The summed E-state index contributed by atoms with van der Waals surface area (Å²) in [6.07, 6.45) is -2.03. The van der Waals surface area contributed by atoms with E-state index in [9.17, 15) is 18.4 Å². The summed E-state index contributed by atoms with van der Waals surface area (Å²) in [7, 11) is 0. The highest BCUT2D eigenvalue weighted by molar-refractivity contribution is 5.83. The number of hydrogen-bond acceptors (Lipinski definition) is 2. The van der Waals surface area contributed by atoms with Crippen LogP contribution < -0.4 is 5.32 Å². The topological polar surface area (TPSA) is 66.4 Å². The number of carbonyl (C=O) groups is 2. The Hall–Kier alpha value is -1.20. The summed E-state index contributed by atoms with van der Waals surface area (Å²) < 4.78 is 24.2. The molecule has 0 spiro atoms. The van der Waals surface area contributed by atoms with E-state index in [1.165, 1.54) is 0 Å². The minimum atomic E-state index is -2.75. The standard InChI is InChI=1S/C12H21F2NO3/c1-12(2,3)6-4-5-10(16)15-8(11(17)18)7-9(13)14/h8-9H,4-7H2,1-3H3,(H,15,16)(H,17,18). The Balaban J connectivity index is 4.07. The molecule has 1 amide bonds. The molecule has 0 saturated carbocycles. The van der Waals surface area contributed by atoms with E-state index in [-0.39, 0.29) is 11.8 Å². The summed E-state index contributed by atoms with van der Waals surface area (Å²) in [6, 6.07) is -1.51. The van der Waals surface area contributed by atoms with Crippen molar-refractivity contribution in [1.82, 2.24) is 5.32 Å². The molecule has 0 aliphatic carbocycles. The van der Waals surface area contributed by atoms with Crippen LogP contribution in [0.25, 0.3) is 0 Å². The van der Waals surface area contributed by atoms with Gasteiger partial charge in [-0.3, -0.25) is 4.79 Å². The fraction of sp³-hybridized carbons (Fsp3) is 0.833. The molecule has 0 fully saturated rings. The van der Waals surface area contributed by atoms with E-state index in [2.05, 4.69) is 5.32 Å². The van der Waals surface area contributed by atoms with Gasteiger partial charge in [-0.2, -0.15) is 0 Å². The van der Waals surface area contributed by atoms with Crippen LogP contribution in [0.4, 0.5) is 8.78 Å². The third-order valence-electron chi connectivity index (χ3n) is 2.38. The maximum atomic E-state index is 12.1. The van der Waals surface area contributed by atoms with Gasteiger partial charge in [-0.1, -0.05) is 20.8 Å². The molecule has 0 aromatic heterocycles. The van der Waals surface area contributed by atoms with E-state index in [1.807, 2.05) is 20.8 Å². The van der Waals surface area contributed by atoms with E-state index < -0.39 is 30.8 Å². The van der Waals surface area contributed by atoms with Gasteiger partial charge in [-0.15, -0.1) is 0 Å². The van der Waals surface area contributed by atoms with Crippen molar-refractivity contribution in [2.75, 3.05) is 0 Å². The van der Waals surface area contributed by atoms with Crippen molar-refractivity contribution < 1.29 is 23.5 Å². The second kappa shape index (κ2) is 7.28. The first-order chi connectivity index (χ1) is 8.11. The van der Waals surface area contributed by atoms with E-state index in [0.717, 1.165) is 6.42 Å². The van der Waals surface area contributed by atoms with E-state index >= 15 is 0 Å². The van der Waals surface area contributed by atoms with Crippen LogP contribution in [0, 0.1) is 5.41 Å². The monoisotopic (exact) mass is 265 g/mol. The normalized spacial score (nSPS) is 13.4. The predicted molar refractivity (Wildman–Crippen MR) is 63.5 cm³/mol. The largest absolute Gasteiger partial charge is 0.480 e. The van der Waals surface area contributed by atoms with Gasteiger partial charge in [0.1, 0.15) is 6.04 Å². The molecule has 0 aromatic carbocycles. The summed E-state index contributed by atoms with van der Waals surface area (Å²) >= 11 is 0. The SMILES string of the molecule is CC(C)(C)CCCC(=O)NC(CC(F)F)C(=O)O. The Morgan fingerprint density at radius 3 is 2.22 bits per heavy atom. The third-order valence-corrected chi connectivity index (χ3v) is 2.38. The Labute approximate surface area is 106 Å². The Bertz CT molecular complexity index is 288. The number of rotatable bonds is 7. The summed E-state index contributed by atoms with van der Waals surface area (Å²) in [5.41, 5.74) is 0.0927. The molecule has 2 N–H and O–H groups in total. The van der Waals surface area contributed by atoms with Gasteiger partial charge < -0.3 is 10.4 Å². The zero-order valence-corrected chi connectivity index (χ0v) is 11.0. The molecule has 0 aliphatic rings. The lowest BCUT2D eigenvalue weighted by Crippen LogP contribution is -2.41. The molecule has 6 heteroatoms. The van der Waals surface area contributed by atoms with Gasteiger partial charge in [-0.05, 0) is 18.3 Å². The van der Waals surface area contributed by atoms with Crippen molar-refractivity contribution >= 4 is 11.9 Å². The van der Waals surface area contributed by atoms with Gasteiger partial charge in [0, 0.05) is 12.8 Å². The lowest BCUT2D eigenvalue weighted by molar-refractivity contribution is -0.143. The minimum absolute atomic E-state index is 0.0927. The number of alkyl halides is 2. The van der Waals surface area contributed by atoms with Crippen LogP contribution in [-0.2, 0) is 9.59 Å². The average molecular weight is 265 g/mol. The maximum absolute atomic E-state index is 12.1. The van der Waals surface area contributed by atoms with Crippen molar-refractivity contribution in [2.24, 2.45) is 5.41 Å². The number of amides is 1. The fourth-order valence-electron chi connectivity index (χ4n) is 1.45. The molecular weight excluding hydrogens is 244 g/mol. The number of aliphatic carboxylic acids is 1. The number of nitrogens with one attached hydrogen (secondary N) is 1. The van der Waals surface area contributed by atoms with Crippen molar-refractivity contribution in [3.05, 3.63) is 0 Å². The first kappa shape index (κ1) is 16.8. The number of carboxylic acid groups (broad SMARTS) is 1. The van der Waals surface area contributed by atoms with Gasteiger partial charge in [0.2, 0.25) is 12.3 Å². The fourth-order valence-corrected chi connectivity index (χ4v) is 1.45. The van der Waals surface area contributed by atoms with Gasteiger partial charge in [0.15, 0.2) is 0 Å². The van der Waals surface area contributed by atoms with Crippen LogP contribution in [0.1, 0.15) is 46.5 Å². The molecule has 0 heterocycles. The maximum Gasteiger partial charge on any atom is 0.326 e. The van der Waals surface area contributed by atoms with E-state index in [1.54, 1.807) is 0 Å². The second-order valence-corrected chi connectivity index (χ2v) is 5.50. The van der Waals surface area contributed by atoms with Crippen LogP contribution in [0.2, 0.25) is 0 Å². The molecule has 1 unspecified atom stereocenters. The van der Waals surface area contributed by atoms with Crippen molar-refractivity contribution in [2.45, 2.75) is 58.9 Å². The second-order valence-electron chi connectivity index (χ2n) is 5.50. The van der Waals surface area contributed by atoms with Gasteiger partial charge >= 0.3 is 5.97 Å². The summed E-state index contributed by atoms with van der Waals surface area (Å²) in [5, 5.41) is 10.8. The van der Waals surface area contributed by atoms with E-state index in [0.29, 0.717) is 6.42 Å². The number of halogens is 2. The zero-order chi connectivity index (χ0) is 14.3. The highest BCUT2D eigenvalue weighted by atomic mass is 19.3. The van der Waals surface area contributed by atoms with Crippen LogP contribution in [0.15, 0.2) is 0 Å². The van der Waals surface area contributed by atoms with Crippen LogP contribution >= 0.6 is 0 Å². The Kier molecular flexibility index (Phi) is 6.80. The van der Waals surface area contributed by atoms with Crippen LogP contribution in [-0.4, -0.2) is 29.5 Å². The predicted octanol–water partition coefficient (Wildman–Crippen LogP) is 2.43. The van der Waals surface area contributed by atoms with Crippen molar-refractivity contribution in [3.63, 3.8) is 0 Å². The summed E-state index contributed by atoms with van der Waals surface area (Å²) in [5.74, 6) is -1.92. The van der Waals surface area contributed by atoms with E-state index in [4.69, 9.17) is 5.11 Å². The first-order valence-corrected chi connectivity index (χ1v) is 5.92. The molecule has 0 radical (unpaired) electrons. The minimum Gasteiger partial charge on any atom is -0.480 e. The molecule has 18 heavy (non-hydrogen) atoms. The van der Waals surface area contributed by atoms with Crippen LogP contribution in [0.5, 0.6) is 0 Å². The third kappa shape index (κ3) is 8.90. The quantitative estimate of drug-likeness (QED) is 0.743. The summed E-state index contributed by atoms with van der Waals surface area (Å²) in [6.45, 7) is 6.09. The van der Waals surface area contributed by atoms with Gasteiger partial charge in [0.25, 0.3) is 0 Å². The number of carbonyl (C=O) groups excluding carboxylic acids is 1.